The molecule has 0 aromatic heterocycles. The van der Waals surface area contributed by atoms with Crippen molar-refractivity contribution in [3.63, 3.8) is 0 Å². The van der Waals surface area contributed by atoms with Gasteiger partial charge in [0.1, 0.15) is 18.7 Å². The fourth-order valence-corrected chi connectivity index (χ4v) is 2.63. The van der Waals surface area contributed by atoms with Crippen LogP contribution in [0, 0.1) is 5.92 Å². The van der Waals surface area contributed by atoms with Gasteiger partial charge in [-0.1, -0.05) is 37.3 Å². The fourth-order valence-electron chi connectivity index (χ4n) is 2.63. The van der Waals surface area contributed by atoms with E-state index in [0.29, 0.717) is 0 Å². The van der Waals surface area contributed by atoms with E-state index in [9.17, 15) is 24.3 Å². The highest BCUT2D eigenvalue weighted by Gasteiger charge is 2.32. The summed E-state index contributed by atoms with van der Waals surface area (Å²) in [7, 11) is 0. The molecule has 0 saturated heterocycles. The Morgan fingerprint density at radius 3 is 2.20 bits per heavy atom. The Morgan fingerprint density at radius 2 is 1.67 bits per heavy atom. The lowest BCUT2D eigenvalue weighted by molar-refractivity contribution is -0.145. The number of nitrogens with one attached hydrogen (secondary N) is 2. The van der Waals surface area contributed by atoms with Crippen LogP contribution in [0.4, 0.5) is 4.79 Å². The molecule has 5 N–H and O–H groups in total. The summed E-state index contributed by atoms with van der Waals surface area (Å²) in [6.45, 7) is 4.64. The number of primary amides is 1. The molecule has 30 heavy (non-hydrogen) atoms. The van der Waals surface area contributed by atoms with Gasteiger partial charge in [-0.25, -0.2) is 4.79 Å². The van der Waals surface area contributed by atoms with Gasteiger partial charge in [0.2, 0.25) is 11.8 Å². The summed E-state index contributed by atoms with van der Waals surface area (Å²) in [5.74, 6) is -2.91. The minimum absolute atomic E-state index is 0.0265. The average Bonchev–Trinajstić information content (AvgIpc) is 2.68. The van der Waals surface area contributed by atoms with Crippen LogP contribution in [-0.2, 0) is 30.5 Å². The Balaban J connectivity index is 2.72. The highest BCUT2D eigenvalue weighted by Crippen LogP contribution is 2.11. The second-order valence-electron chi connectivity index (χ2n) is 6.80. The number of alkyl carbamates (subject to hydrolysis) is 1. The van der Waals surface area contributed by atoms with Gasteiger partial charge >= 0.3 is 12.1 Å². The van der Waals surface area contributed by atoms with Crippen LogP contribution in [-0.4, -0.2) is 53.8 Å². The third kappa shape index (κ3) is 8.48. The lowest BCUT2D eigenvalue weighted by Crippen LogP contribution is -2.58. The van der Waals surface area contributed by atoms with Crippen molar-refractivity contribution in [1.82, 2.24) is 10.6 Å². The maximum Gasteiger partial charge on any atom is 0.408 e. The van der Waals surface area contributed by atoms with Crippen LogP contribution in [0.5, 0.6) is 0 Å². The van der Waals surface area contributed by atoms with E-state index in [1.807, 2.05) is 6.07 Å². The highest BCUT2D eigenvalue weighted by molar-refractivity contribution is 5.91. The lowest BCUT2D eigenvalue weighted by Gasteiger charge is -2.26. The van der Waals surface area contributed by atoms with Gasteiger partial charge in [0.05, 0.1) is 19.1 Å². The molecule has 0 heterocycles. The molecule has 3 amide bonds. The van der Waals surface area contributed by atoms with E-state index < -0.39 is 48.0 Å². The minimum atomic E-state index is -1.40. The molecule has 0 unspecified atom stereocenters. The van der Waals surface area contributed by atoms with Crippen molar-refractivity contribution in [1.29, 1.82) is 0 Å². The van der Waals surface area contributed by atoms with Crippen molar-refractivity contribution >= 4 is 23.9 Å². The topological polar surface area (TPSA) is 157 Å². The number of aliphatic hydroxyl groups excluding tert-OH is 1. The number of carbonyl (C=O) groups excluding carboxylic acids is 4. The van der Waals surface area contributed by atoms with E-state index in [4.69, 9.17) is 15.2 Å². The zero-order valence-electron chi connectivity index (χ0n) is 17.3. The van der Waals surface area contributed by atoms with Crippen LogP contribution in [0.15, 0.2) is 30.3 Å². The third-order valence-electron chi connectivity index (χ3n) is 4.22. The van der Waals surface area contributed by atoms with Crippen LogP contribution in [0.1, 0.15) is 32.8 Å². The summed E-state index contributed by atoms with van der Waals surface area (Å²) in [5, 5.41) is 14.5. The zero-order chi connectivity index (χ0) is 22.7. The Hall–Kier alpha value is -3.14. The van der Waals surface area contributed by atoms with Gasteiger partial charge in [0.15, 0.2) is 0 Å². The number of ether oxygens (including phenoxy) is 2. The number of benzene rings is 1. The van der Waals surface area contributed by atoms with Gasteiger partial charge in [0.25, 0.3) is 0 Å². The van der Waals surface area contributed by atoms with E-state index in [2.05, 4.69) is 10.6 Å². The average molecular weight is 423 g/mol. The molecule has 10 heteroatoms. The van der Waals surface area contributed by atoms with Gasteiger partial charge in [-0.15, -0.1) is 0 Å². The van der Waals surface area contributed by atoms with Gasteiger partial charge in [-0.3, -0.25) is 14.4 Å². The van der Waals surface area contributed by atoms with E-state index in [1.54, 1.807) is 38.1 Å². The molecule has 0 bridgehead atoms. The molecular weight excluding hydrogens is 394 g/mol. The number of amides is 3. The molecule has 1 rings (SSSR count). The summed E-state index contributed by atoms with van der Waals surface area (Å²) in [6.07, 6.45) is -2.36. The SMILES string of the molecule is CCOC(=O)C[C@@H](C)[C@@H](NC(=O)[C@@H](NC(=O)OCc1ccccc1)[C@@H](C)O)C(N)=O. The highest BCUT2D eigenvalue weighted by atomic mass is 16.5. The van der Waals surface area contributed by atoms with E-state index in [-0.39, 0.29) is 19.6 Å². The first-order valence-electron chi connectivity index (χ1n) is 9.56. The molecular formula is C20H29N3O7. The molecule has 1 aromatic rings. The predicted octanol–water partition coefficient (Wildman–Crippen LogP) is 0.222. The summed E-state index contributed by atoms with van der Waals surface area (Å²) in [4.78, 5) is 48.0. The van der Waals surface area contributed by atoms with Crippen LogP contribution >= 0.6 is 0 Å². The van der Waals surface area contributed by atoms with Crippen LogP contribution in [0.3, 0.4) is 0 Å². The van der Waals surface area contributed by atoms with Gasteiger partial charge in [-0.2, -0.15) is 0 Å². The summed E-state index contributed by atoms with van der Waals surface area (Å²) in [5.41, 5.74) is 6.09. The minimum Gasteiger partial charge on any atom is -0.466 e. The number of hydrogen-bond donors (Lipinski definition) is 4. The number of rotatable bonds is 11. The molecule has 1 aromatic carbocycles. The molecule has 0 aliphatic heterocycles. The molecule has 0 fully saturated rings. The Kier molecular flexibility index (Phi) is 10.3. The lowest BCUT2D eigenvalue weighted by atomic mass is 9.97. The number of esters is 1. The summed E-state index contributed by atoms with van der Waals surface area (Å²) in [6, 6.07) is 6.29. The summed E-state index contributed by atoms with van der Waals surface area (Å²) < 4.78 is 9.88. The van der Waals surface area contributed by atoms with Crippen LogP contribution in [0.2, 0.25) is 0 Å². The number of carbonyl (C=O) groups is 4. The Morgan fingerprint density at radius 1 is 1.03 bits per heavy atom. The number of hydrogen-bond acceptors (Lipinski definition) is 7. The van der Waals surface area contributed by atoms with E-state index in [1.165, 1.54) is 6.92 Å². The third-order valence-corrected chi connectivity index (χ3v) is 4.22. The molecule has 0 saturated carbocycles. The first kappa shape index (κ1) is 24.9. The van der Waals surface area contributed by atoms with Gasteiger partial charge in [0, 0.05) is 0 Å². The van der Waals surface area contributed by atoms with Crippen LogP contribution in [0.25, 0.3) is 0 Å². The molecule has 4 atom stereocenters. The first-order valence-corrected chi connectivity index (χ1v) is 9.56. The van der Waals surface area contributed by atoms with Gasteiger partial charge in [-0.05, 0) is 25.3 Å². The smallest absolute Gasteiger partial charge is 0.408 e. The van der Waals surface area contributed by atoms with Crippen molar-refractivity contribution < 1.29 is 33.8 Å². The standard InChI is InChI=1S/C20H29N3O7/c1-4-29-15(25)10-12(2)16(18(21)26)22-19(27)17(13(3)24)23-20(28)30-11-14-8-6-5-7-9-14/h5-9,12-13,16-17,24H,4,10-11H2,1-3H3,(H2,21,26)(H,22,27)(H,23,28)/t12-,13-,16-,17+/m1/s1. The summed E-state index contributed by atoms with van der Waals surface area (Å²) >= 11 is 0. The molecule has 0 aliphatic carbocycles. The first-order chi connectivity index (χ1) is 14.1. The van der Waals surface area contributed by atoms with Crippen molar-refractivity contribution in [2.45, 2.75) is 52.0 Å². The molecule has 0 spiro atoms. The van der Waals surface area contributed by atoms with Gasteiger partial charge < -0.3 is 30.9 Å². The predicted molar refractivity (Wildman–Crippen MR) is 107 cm³/mol. The molecule has 0 aliphatic rings. The van der Waals surface area contributed by atoms with Crippen LogP contribution < -0.4 is 16.4 Å². The Bertz CT molecular complexity index is 724. The maximum atomic E-state index is 12.6. The quantitative estimate of drug-likeness (QED) is 0.371. The zero-order valence-corrected chi connectivity index (χ0v) is 17.3. The monoisotopic (exact) mass is 423 g/mol. The number of aliphatic hydroxyl groups is 1. The van der Waals surface area contributed by atoms with Crippen molar-refractivity contribution in [2.75, 3.05) is 6.61 Å². The van der Waals surface area contributed by atoms with E-state index in [0.717, 1.165) is 5.56 Å². The normalized spacial score (nSPS) is 14.5. The second-order valence-corrected chi connectivity index (χ2v) is 6.80. The largest absolute Gasteiger partial charge is 0.466 e. The molecule has 10 nitrogen and oxygen atoms in total. The van der Waals surface area contributed by atoms with E-state index >= 15 is 0 Å². The van der Waals surface area contributed by atoms with Crippen molar-refractivity contribution in [3.05, 3.63) is 35.9 Å². The maximum absolute atomic E-state index is 12.6. The van der Waals surface area contributed by atoms with Crippen molar-refractivity contribution in [3.8, 4) is 0 Å². The number of nitrogens with two attached hydrogens (primary N) is 1. The molecule has 0 radical (unpaired) electrons. The second kappa shape index (κ2) is 12.4. The Labute approximate surface area is 175 Å². The fraction of sp³-hybridized carbons (Fsp3) is 0.500. The molecule has 166 valence electrons. The van der Waals surface area contributed by atoms with Crippen molar-refractivity contribution in [2.24, 2.45) is 11.7 Å².